The number of unbranched alkanes of at least 4 members (excludes halogenated alkanes) is 1. The molecule has 1 heterocycles. The number of aliphatic imine (C=N–C) groups is 1. The van der Waals surface area contributed by atoms with E-state index in [1.165, 1.54) is 45.3 Å². The molecule has 0 aromatic rings. The zero-order valence-corrected chi connectivity index (χ0v) is 14.9. The zero-order valence-electron chi connectivity index (χ0n) is 12.5. The molecule has 3 N–H and O–H groups in total. The molecular formula is C14H31IN4. The molecule has 1 saturated heterocycles. The van der Waals surface area contributed by atoms with E-state index >= 15 is 0 Å². The van der Waals surface area contributed by atoms with Gasteiger partial charge in [0, 0.05) is 13.1 Å². The van der Waals surface area contributed by atoms with Crippen LogP contribution in [0.4, 0.5) is 0 Å². The van der Waals surface area contributed by atoms with Gasteiger partial charge in [-0.05, 0) is 51.2 Å². The van der Waals surface area contributed by atoms with Gasteiger partial charge in [-0.3, -0.25) is 4.99 Å². The first-order valence-corrected chi connectivity index (χ1v) is 7.52. The van der Waals surface area contributed by atoms with Crippen molar-refractivity contribution in [3.8, 4) is 0 Å². The first-order chi connectivity index (χ1) is 8.76. The maximum atomic E-state index is 5.80. The number of hydrogen-bond acceptors (Lipinski definition) is 2. The standard InChI is InChI=1S/C14H30N4.HI/c1-3-5-9-16-14(15)17-10-6-13-7-11-18(4-2)12-8-13;/h13H,3-12H2,1-2H3,(H3,15,16,17);1H. The van der Waals surface area contributed by atoms with Crippen LogP contribution in [0.1, 0.15) is 46.0 Å². The number of guanidine groups is 1. The first-order valence-electron chi connectivity index (χ1n) is 7.52. The van der Waals surface area contributed by atoms with E-state index in [4.69, 9.17) is 5.73 Å². The molecule has 19 heavy (non-hydrogen) atoms. The van der Waals surface area contributed by atoms with Crippen molar-refractivity contribution in [1.82, 2.24) is 10.2 Å². The first kappa shape index (κ1) is 19.0. The number of nitrogens with two attached hydrogens (primary N) is 1. The molecule has 114 valence electrons. The van der Waals surface area contributed by atoms with Crippen LogP contribution >= 0.6 is 24.0 Å². The second-order valence-corrected chi connectivity index (χ2v) is 5.21. The van der Waals surface area contributed by atoms with Crippen LogP contribution in [0.25, 0.3) is 0 Å². The average Bonchev–Trinajstić information content (AvgIpc) is 2.40. The fourth-order valence-corrected chi connectivity index (χ4v) is 2.41. The summed E-state index contributed by atoms with van der Waals surface area (Å²) in [6.07, 6.45) is 6.19. The summed E-state index contributed by atoms with van der Waals surface area (Å²) in [4.78, 5) is 6.83. The Morgan fingerprint density at radius 1 is 1.32 bits per heavy atom. The summed E-state index contributed by atoms with van der Waals surface area (Å²) in [7, 11) is 0. The molecule has 0 bridgehead atoms. The van der Waals surface area contributed by atoms with Crippen LogP contribution in [-0.4, -0.2) is 43.6 Å². The minimum Gasteiger partial charge on any atom is -0.370 e. The van der Waals surface area contributed by atoms with Crippen LogP contribution in [-0.2, 0) is 0 Å². The van der Waals surface area contributed by atoms with E-state index in [0.29, 0.717) is 5.96 Å². The topological polar surface area (TPSA) is 53.6 Å². The predicted octanol–water partition coefficient (Wildman–Crippen LogP) is 2.43. The maximum absolute atomic E-state index is 5.80. The fraction of sp³-hybridized carbons (Fsp3) is 0.929. The normalized spacial score (nSPS) is 18.1. The van der Waals surface area contributed by atoms with Crippen molar-refractivity contribution in [2.24, 2.45) is 16.6 Å². The molecular weight excluding hydrogens is 351 g/mol. The van der Waals surface area contributed by atoms with Crippen LogP contribution in [0.5, 0.6) is 0 Å². The van der Waals surface area contributed by atoms with Gasteiger partial charge >= 0.3 is 0 Å². The lowest BCUT2D eigenvalue weighted by atomic mass is 9.93. The van der Waals surface area contributed by atoms with E-state index in [0.717, 1.165) is 25.4 Å². The number of rotatable bonds is 7. The molecule has 4 nitrogen and oxygen atoms in total. The molecule has 0 unspecified atom stereocenters. The van der Waals surface area contributed by atoms with Gasteiger partial charge in [-0.2, -0.15) is 0 Å². The molecule has 0 radical (unpaired) electrons. The lowest BCUT2D eigenvalue weighted by Gasteiger charge is -2.31. The number of piperidine rings is 1. The van der Waals surface area contributed by atoms with Crippen LogP contribution in [0, 0.1) is 5.92 Å². The second kappa shape index (κ2) is 11.8. The van der Waals surface area contributed by atoms with Crippen molar-refractivity contribution in [3.63, 3.8) is 0 Å². The summed E-state index contributed by atoms with van der Waals surface area (Å²) in [6, 6.07) is 0. The van der Waals surface area contributed by atoms with Gasteiger partial charge in [0.05, 0.1) is 0 Å². The fourth-order valence-electron chi connectivity index (χ4n) is 2.41. The average molecular weight is 382 g/mol. The Bertz CT molecular complexity index is 238. The van der Waals surface area contributed by atoms with E-state index in [2.05, 4.69) is 29.1 Å². The van der Waals surface area contributed by atoms with Crippen molar-refractivity contribution in [1.29, 1.82) is 0 Å². The highest BCUT2D eigenvalue weighted by molar-refractivity contribution is 14.0. The molecule has 1 aliphatic heterocycles. The summed E-state index contributed by atoms with van der Waals surface area (Å²) in [5.41, 5.74) is 5.80. The van der Waals surface area contributed by atoms with E-state index < -0.39 is 0 Å². The lowest BCUT2D eigenvalue weighted by Crippen LogP contribution is -2.36. The Hall–Kier alpha value is -0.0400. The summed E-state index contributed by atoms with van der Waals surface area (Å²) in [5.74, 6) is 1.48. The zero-order chi connectivity index (χ0) is 13.2. The molecule has 0 spiro atoms. The molecule has 1 fully saturated rings. The molecule has 1 aliphatic rings. The number of hydrogen-bond donors (Lipinski definition) is 2. The van der Waals surface area contributed by atoms with Crippen molar-refractivity contribution < 1.29 is 0 Å². The van der Waals surface area contributed by atoms with Gasteiger partial charge in [-0.15, -0.1) is 24.0 Å². The second-order valence-electron chi connectivity index (χ2n) is 5.21. The summed E-state index contributed by atoms with van der Waals surface area (Å²) < 4.78 is 0. The van der Waals surface area contributed by atoms with Crippen molar-refractivity contribution in [2.75, 3.05) is 32.7 Å². The predicted molar refractivity (Wildman–Crippen MR) is 94.3 cm³/mol. The summed E-state index contributed by atoms with van der Waals surface area (Å²) in [5, 5.41) is 3.23. The molecule has 0 aliphatic carbocycles. The third kappa shape index (κ3) is 8.68. The minimum atomic E-state index is 0. The number of likely N-dealkylation sites (tertiary alicyclic amines) is 1. The van der Waals surface area contributed by atoms with E-state index in [1.54, 1.807) is 0 Å². The van der Waals surface area contributed by atoms with Gasteiger partial charge in [0.15, 0.2) is 5.96 Å². The van der Waals surface area contributed by atoms with Gasteiger partial charge in [-0.25, -0.2) is 0 Å². The molecule has 0 saturated carbocycles. The molecule has 0 amide bonds. The SMILES string of the molecule is CCCCN=C(N)NCCC1CCN(CC)CC1.I. The van der Waals surface area contributed by atoms with E-state index in [-0.39, 0.29) is 24.0 Å². The molecule has 0 atom stereocenters. The molecule has 5 heteroatoms. The van der Waals surface area contributed by atoms with Gasteiger partial charge in [0.1, 0.15) is 0 Å². The Morgan fingerprint density at radius 3 is 2.58 bits per heavy atom. The minimum absolute atomic E-state index is 0. The van der Waals surface area contributed by atoms with E-state index in [1.807, 2.05) is 0 Å². The largest absolute Gasteiger partial charge is 0.370 e. The van der Waals surface area contributed by atoms with Gasteiger partial charge < -0.3 is 16.0 Å². The van der Waals surface area contributed by atoms with E-state index in [9.17, 15) is 0 Å². The summed E-state index contributed by atoms with van der Waals surface area (Å²) in [6.45, 7) is 9.96. The number of nitrogens with zero attached hydrogens (tertiary/aromatic N) is 2. The Kier molecular flexibility index (Phi) is 11.7. The maximum Gasteiger partial charge on any atom is 0.188 e. The highest BCUT2D eigenvalue weighted by Gasteiger charge is 2.17. The number of halogens is 1. The Labute approximate surface area is 135 Å². The van der Waals surface area contributed by atoms with Crippen LogP contribution in [0.15, 0.2) is 4.99 Å². The Morgan fingerprint density at radius 2 is 2.00 bits per heavy atom. The van der Waals surface area contributed by atoms with Crippen molar-refractivity contribution in [2.45, 2.75) is 46.0 Å². The van der Waals surface area contributed by atoms with Crippen LogP contribution in [0.2, 0.25) is 0 Å². The quantitative estimate of drug-likeness (QED) is 0.308. The Balaban J connectivity index is 0.00000324. The molecule has 0 aromatic heterocycles. The van der Waals surface area contributed by atoms with Crippen LogP contribution in [0.3, 0.4) is 0 Å². The monoisotopic (exact) mass is 382 g/mol. The third-order valence-electron chi connectivity index (χ3n) is 3.81. The molecule has 1 rings (SSSR count). The van der Waals surface area contributed by atoms with Crippen molar-refractivity contribution >= 4 is 29.9 Å². The smallest absolute Gasteiger partial charge is 0.188 e. The van der Waals surface area contributed by atoms with Gasteiger partial charge in [-0.1, -0.05) is 20.3 Å². The summed E-state index contributed by atoms with van der Waals surface area (Å²) >= 11 is 0. The van der Waals surface area contributed by atoms with Crippen molar-refractivity contribution in [3.05, 3.63) is 0 Å². The number of nitrogens with one attached hydrogen (secondary N) is 1. The third-order valence-corrected chi connectivity index (χ3v) is 3.81. The van der Waals surface area contributed by atoms with Gasteiger partial charge in [0.2, 0.25) is 0 Å². The highest BCUT2D eigenvalue weighted by Crippen LogP contribution is 2.19. The highest BCUT2D eigenvalue weighted by atomic mass is 127. The van der Waals surface area contributed by atoms with Crippen LogP contribution < -0.4 is 11.1 Å². The van der Waals surface area contributed by atoms with Gasteiger partial charge in [0.25, 0.3) is 0 Å². The molecule has 0 aromatic carbocycles. The lowest BCUT2D eigenvalue weighted by molar-refractivity contribution is 0.187.